The Hall–Kier alpha value is -3.61. The van der Waals surface area contributed by atoms with E-state index in [9.17, 15) is 9.59 Å². The third kappa shape index (κ3) is 4.45. The van der Waals surface area contributed by atoms with E-state index in [0.717, 1.165) is 5.56 Å². The molecule has 0 bridgehead atoms. The van der Waals surface area contributed by atoms with E-state index < -0.39 is 12.0 Å². The summed E-state index contributed by atoms with van der Waals surface area (Å²) >= 11 is 0. The van der Waals surface area contributed by atoms with E-state index in [0.29, 0.717) is 29.3 Å². The van der Waals surface area contributed by atoms with Gasteiger partial charge < -0.3 is 18.9 Å². The summed E-state index contributed by atoms with van der Waals surface area (Å²) in [5, 5.41) is 3.87. The Kier molecular flexibility index (Phi) is 6.02. The zero-order chi connectivity index (χ0) is 21.8. The van der Waals surface area contributed by atoms with Crippen molar-refractivity contribution in [3.05, 3.63) is 77.7 Å². The first-order valence-electron chi connectivity index (χ1n) is 10.2. The van der Waals surface area contributed by atoms with Crippen LogP contribution in [0.25, 0.3) is 0 Å². The van der Waals surface area contributed by atoms with Crippen molar-refractivity contribution in [2.45, 2.75) is 32.4 Å². The van der Waals surface area contributed by atoms with Gasteiger partial charge in [-0.25, -0.2) is 0 Å². The summed E-state index contributed by atoms with van der Waals surface area (Å²) in [6.07, 6.45) is 0.680. The van der Waals surface area contributed by atoms with Crippen LogP contribution in [0.15, 0.2) is 65.2 Å². The number of aryl methyl sites for hydroxylation is 1. The second-order valence-electron chi connectivity index (χ2n) is 7.50. The second-order valence-corrected chi connectivity index (χ2v) is 7.50. The monoisotopic (exact) mass is 420 g/mol. The van der Waals surface area contributed by atoms with Crippen LogP contribution in [0.1, 0.15) is 35.9 Å². The molecule has 7 nitrogen and oxygen atoms in total. The van der Waals surface area contributed by atoms with Gasteiger partial charge in [-0.3, -0.25) is 9.59 Å². The van der Waals surface area contributed by atoms with Gasteiger partial charge in [0.2, 0.25) is 5.91 Å². The van der Waals surface area contributed by atoms with Gasteiger partial charge in [0.05, 0.1) is 19.1 Å². The van der Waals surface area contributed by atoms with Crippen molar-refractivity contribution in [1.29, 1.82) is 0 Å². The van der Waals surface area contributed by atoms with Gasteiger partial charge >= 0.3 is 5.97 Å². The van der Waals surface area contributed by atoms with Crippen LogP contribution < -0.4 is 9.64 Å². The minimum absolute atomic E-state index is 0.0322. The van der Waals surface area contributed by atoms with E-state index in [1.54, 1.807) is 37.1 Å². The molecule has 1 saturated heterocycles. The van der Waals surface area contributed by atoms with Crippen molar-refractivity contribution in [2.75, 3.05) is 12.0 Å². The number of benzene rings is 2. The number of anilines is 1. The molecule has 0 N–H and O–H groups in total. The molecular formula is C24H24N2O5. The Bertz CT molecular complexity index is 1050. The van der Waals surface area contributed by atoms with Crippen LogP contribution in [0.5, 0.6) is 5.75 Å². The summed E-state index contributed by atoms with van der Waals surface area (Å²) in [6.45, 7) is 1.81. The van der Waals surface area contributed by atoms with Crippen LogP contribution in [-0.2, 0) is 20.9 Å². The van der Waals surface area contributed by atoms with Crippen molar-refractivity contribution in [3.8, 4) is 5.75 Å². The zero-order valence-corrected chi connectivity index (χ0v) is 17.5. The van der Waals surface area contributed by atoms with Crippen molar-refractivity contribution in [2.24, 2.45) is 5.92 Å². The van der Waals surface area contributed by atoms with E-state index in [1.807, 2.05) is 42.5 Å². The Morgan fingerprint density at radius 3 is 2.55 bits per heavy atom. The summed E-state index contributed by atoms with van der Waals surface area (Å²) in [5.74, 6) is 0.455. The minimum atomic E-state index is -0.504. The predicted octanol–water partition coefficient (Wildman–Crippen LogP) is 4.22. The van der Waals surface area contributed by atoms with Crippen LogP contribution >= 0.6 is 0 Å². The lowest BCUT2D eigenvalue weighted by Gasteiger charge is -2.40. The predicted molar refractivity (Wildman–Crippen MR) is 113 cm³/mol. The molecule has 0 radical (unpaired) electrons. The van der Waals surface area contributed by atoms with Crippen LogP contribution in [0.4, 0.5) is 5.69 Å². The highest BCUT2D eigenvalue weighted by Crippen LogP contribution is 2.41. The molecule has 3 aromatic rings. The third-order valence-corrected chi connectivity index (χ3v) is 5.43. The van der Waals surface area contributed by atoms with Crippen molar-refractivity contribution >= 4 is 17.6 Å². The first-order valence-corrected chi connectivity index (χ1v) is 10.2. The molecule has 7 heteroatoms. The molecule has 1 aliphatic rings. The molecule has 1 aliphatic heterocycles. The largest absolute Gasteiger partial charge is 0.497 e. The highest BCUT2D eigenvalue weighted by molar-refractivity contribution is 5.97. The molecule has 2 aromatic carbocycles. The lowest BCUT2D eigenvalue weighted by atomic mass is 9.84. The molecular weight excluding hydrogens is 396 g/mol. The van der Waals surface area contributed by atoms with E-state index in [2.05, 4.69) is 5.16 Å². The van der Waals surface area contributed by atoms with Gasteiger partial charge in [-0.1, -0.05) is 35.5 Å². The number of nitrogens with zero attached hydrogens (tertiary/aromatic N) is 2. The van der Waals surface area contributed by atoms with Gasteiger partial charge in [0, 0.05) is 18.2 Å². The van der Waals surface area contributed by atoms with E-state index in [4.69, 9.17) is 14.0 Å². The zero-order valence-electron chi connectivity index (χ0n) is 17.5. The molecule has 2 heterocycles. The molecule has 31 heavy (non-hydrogen) atoms. The maximum absolute atomic E-state index is 13.1. The summed E-state index contributed by atoms with van der Waals surface area (Å²) in [4.78, 5) is 27.8. The molecule has 0 saturated carbocycles. The fraction of sp³-hybridized carbons (Fsp3) is 0.292. The van der Waals surface area contributed by atoms with Crippen molar-refractivity contribution in [3.63, 3.8) is 0 Å². The van der Waals surface area contributed by atoms with Gasteiger partial charge in [-0.2, -0.15) is 0 Å². The third-order valence-electron chi connectivity index (χ3n) is 5.43. The number of aromatic nitrogens is 1. The standard InChI is InChI=1S/C24H24N2O5/c1-16-14-18(25-31-16)15-30-24(28)21-12-13-22(27)26(19-8-10-20(29-2)11-9-19)23(21)17-6-4-3-5-7-17/h3-11,14,21,23H,12-13,15H2,1-2H3/t21-,23+/m1/s1. The average Bonchev–Trinajstić information content (AvgIpc) is 3.23. The Morgan fingerprint density at radius 1 is 1.16 bits per heavy atom. The number of ether oxygens (including phenoxy) is 2. The van der Waals surface area contributed by atoms with Gasteiger partial charge in [0.25, 0.3) is 0 Å². The molecule has 160 valence electrons. The van der Waals surface area contributed by atoms with Gasteiger partial charge in [-0.05, 0) is 43.2 Å². The number of esters is 1. The van der Waals surface area contributed by atoms with Crippen LogP contribution in [-0.4, -0.2) is 24.1 Å². The number of hydrogen-bond acceptors (Lipinski definition) is 6. The number of hydrogen-bond donors (Lipinski definition) is 0. The van der Waals surface area contributed by atoms with Gasteiger partial charge in [0.1, 0.15) is 23.8 Å². The summed E-state index contributed by atoms with van der Waals surface area (Å²) < 4.78 is 15.8. The fourth-order valence-corrected chi connectivity index (χ4v) is 3.96. The Labute approximate surface area is 180 Å². The maximum atomic E-state index is 13.1. The quantitative estimate of drug-likeness (QED) is 0.556. The fourth-order valence-electron chi connectivity index (χ4n) is 3.96. The molecule has 2 atom stereocenters. The average molecular weight is 420 g/mol. The highest BCUT2D eigenvalue weighted by Gasteiger charge is 2.42. The van der Waals surface area contributed by atoms with Crippen LogP contribution in [0, 0.1) is 12.8 Å². The first kappa shape index (κ1) is 20.7. The molecule has 0 aliphatic carbocycles. The summed E-state index contributed by atoms with van der Waals surface area (Å²) in [7, 11) is 1.59. The minimum Gasteiger partial charge on any atom is -0.497 e. The van der Waals surface area contributed by atoms with Crippen LogP contribution in [0.2, 0.25) is 0 Å². The van der Waals surface area contributed by atoms with Gasteiger partial charge in [0.15, 0.2) is 0 Å². The second kappa shape index (κ2) is 9.04. The lowest BCUT2D eigenvalue weighted by molar-refractivity contribution is -0.152. The molecule has 1 aromatic heterocycles. The SMILES string of the molecule is COc1ccc(N2C(=O)CC[C@@H](C(=O)OCc3cc(C)on3)[C@@H]2c2ccccc2)cc1. The highest BCUT2D eigenvalue weighted by atomic mass is 16.5. The molecule has 4 rings (SSSR count). The molecule has 1 amide bonds. The van der Waals surface area contributed by atoms with Crippen LogP contribution in [0.3, 0.4) is 0 Å². The number of carbonyl (C=O) groups excluding carboxylic acids is 2. The van der Waals surface area contributed by atoms with Gasteiger partial charge in [-0.15, -0.1) is 0 Å². The van der Waals surface area contributed by atoms with E-state index in [1.165, 1.54) is 0 Å². The Balaban J connectivity index is 1.64. The molecule has 0 spiro atoms. The topological polar surface area (TPSA) is 81.9 Å². The Morgan fingerprint density at radius 2 is 1.90 bits per heavy atom. The molecule has 0 unspecified atom stereocenters. The van der Waals surface area contributed by atoms with Crippen molar-refractivity contribution in [1.82, 2.24) is 5.16 Å². The number of amides is 1. The number of carbonyl (C=O) groups is 2. The molecule has 1 fully saturated rings. The smallest absolute Gasteiger partial charge is 0.311 e. The van der Waals surface area contributed by atoms with Crippen molar-refractivity contribution < 1.29 is 23.6 Å². The number of methoxy groups -OCH3 is 1. The maximum Gasteiger partial charge on any atom is 0.311 e. The first-order chi connectivity index (χ1) is 15.1. The van der Waals surface area contributed by atoms with E-state index >= 15 is 0 Å². The van der Waals surface area contributed by atoms with E-state index in [-0.39, 0.29) is 24.9 Å². The number of piperidine rings is 1. The lowest BCUT2D eigenvalue weighted by Crippen LogP contribution is -2.46. The summed E-state index contributed by atoms with van der Waals surface area (Å²) in [6, 6.07) is 18.1. The summed E-state index contributed by atoms with van der Waals surface area (Å²) in [5.41, 5.74) is 2.15. The number of rotatable bonds is 6. The normalized spacial score (nSPS) is 18.6.